The highest BCUT2D eigenvalue weighted by atomic mass is 16.4. The summed E-state index contributed by atoms with van der Waals surface area (Å²) in [7, 11) is 0. The number of primary amides is 1. The molecule has 196 valence electrons. The summed E-state index contributed by atoms with van der Waals surface area (Å²) in [5.74, 6) is -3.77. The summed E-state index contributed by atoms with van der Waals surface area (Å²) in [5, 5.41) is 17.8. The minimum atomic E-state index is -1.29. The van der Waals surface area contributed by atoms with Gasteiger partial charge in [-0.05, 0) is 30.4 Å². The first-order valence-corrected chi connectivity index (χ1v) is 11.7. The minimum Gasteiger partial charge on any atom is -0.480 e. The minimum absolute atomic E-state index is 0.00856. The zero-order chi connectivity index (χ0) is 26.8. The van der Waals surface area contributed by atoms with E-state index in [-0.39, 0.29) is 25.2 Å². The molecular weight excluding hydrogens is 468 g/mol. The van der Waals surface area contributed by atoms with Crippen molar-refractivity contribution in [3.05, 3.63) is 36.0 Å². The Morgan fingerprint density at radius 2 is 1.72 bits per heavy atom. The number of aromatic amines is 1. The third kappa shape index (κ3) is 8.69. The first-order chi connectivity index (χ1) is 17.0. The highest BCUT2D eigenvalue weighted by Gasteiger charge is 2.28. The fraction of sp³-hybridized carbons (Fsp3) is 0.458. The Morgan fingerprint density at radius 3 is 2.36 bits per heavy atom. The smallest absolute Gasteiger partial charge is 0.326 e. The van der Waals surface area contributed by atoms with Gasteiger partial charge < -0.3 is 37.5 Å². The number of fused-ring (bicyclic) bond motifs is 1. The Bertz CT molecular complexity index is 1100. The molecule has 9 N–H and O–H groups in total. The van der Waals surface area contributed by atoms with Crippen molar-refractivity contribution in [3.63, 3.8) is 0 Å². The topological polar surface area (TPSA) is 209 Å². The molecule has 12 heteroatoms. The third-order valence-corrected chi connectivity index (χ3v) is 5.53. The van der Waals surface area contributed by atoms with E-state index in [1.54, 1.807) is 6.20 Å². The monoisotopic (exact) mass is 502 g/mol. The number of hydrogen-bond acceptors (Lipinski definition) is 6. The van der Waals surface area contributed by atoms with Gasteiger partial charge in [0.1, 0.15) is 12.1 Å². The lowest BCUT2D eigenvalue weighted by Gasteiger charge is -2.21. The van der Waals surface area contributed by atoms with Crippen molar-refractivity contribution in [2.45, 2.75) is 57.7 Å². The lowest BCUT2D eigenvalue weighted by molar-refractivity contribution is -0.142. The number of carboxylic acid groups (broad SMARTS) is 1. The Morgan fingerprint density at radius 1 is 1.03 bits per heavy atom. The van der Waals surface area contributed by atoms with Crippen LogP contribution in [-0.4, -0.2) is 64.4 Å². The van der Waals surface area contributed by atoms with Crippen LogP contribution in [0, 0.1) is 5.92 Å². The molecule has 36 heavy (non-hydrogen) atoms. The van der Waals surface area contributed by atoms with E-state index in [9.17, 15) is 29.1 Å². The first kappa shape index (κ1) is 28.3. The average molecular weight is 503 g/mol. The molecule has 0 aliphatic carbocycles. The molecule has 1 heterocycles. The van der Waals surface area contributed by atoms with Crippen molar-refractivity contribution in [3.8, 4) is 0 Å². The van der Waals surface area contributed by atoms with Crippen molar-refractivity contribution in [1.29, 1.82) is 0 Å². The molecule has 0 bridgehead atoms. The maximum atomic E-state index is 12.9. The lowest BCUT2D eigenvalue weighted by atomic mass is 10.0. The van der Waals surface area contributed by atoms with Gasteiger partial charge >= 0.3 is 5.97 Å². The number of aromatic nitrogens is 1. The number of benzene rings is 1. The van der Waals surface area contributed by atoms with Crippen LogP contribution in [0.5, 0.6) is 0 Å². The van der Waals surface area contributed by atoms with Crippen LogP contribution in [-0.2, 0) is 30.4 Å². The fourth-order valence-corrected chi connectivity index (χ4v) is 3.71. The molecule has 0 aliphatic rings. The number of H-pyrrole nitrogens is 1. The predicted octanol–water partition coefficient (Wildman–Crippen LogP) is -0.480. The van der Waals surface area contributed by atoms with Gasteiger partial charge in [-0.3, -0.25) is 19.2 Å². The van der Waals surface area contributed by atoms with Crippen LogP contribution in [0.1, 0.15) is 38.7 Å². The molecule has 1 aromatic carbocycles. The number of hydrogen-bond donors (Lipinski definition) is 7. The average Bonchev–Trinajstić information content (AvgIpc) is 3.21. The van der Waals surface area contributed by atoms with Gasteiger partial charge in [0.2, 0.25) is 23.6 Å². The maximum Gasteiger partial charge on any atom is 0.326 e. The molecule has 2 rings (SSSR count). The van der Waals surface area contributed by atoms with E-state index in [1.807, 2.05) is 38.1 Å². The predicted molar refractivity (Wildman–Crippen MR) is 132 cm³/mol. The van der Waals surface area contributed by atoms with Crippen LogP contribution in [0.3, 0.4) is 0 Å². The van der Waals surface area contributed by atoms with Crippen molar-refractivity contribution in [2.75, 3.05) is 6.54 Å². The number of nitrogens with two attached hydrogens (primary N) is 2. The first-order valence-electron chi connectivity index (χ1n) is 11.7. The van der Waals surface area contributed by atoms with Gasteiger partial charge in [0.15, 0.2) is 0 Å². The Labute approximate surface area is 208 Å². The highest BCUT2D eigenvalue weighted by molar-refractivity contribution is 5.93. The number of carbonyl (C=O) groups excluding carboxylic acids is 4. The summed E-state index contributed by atoms with van der Waals surface area (Å²) in [6.07, 6.45) is 1.73. The number of para-hydroxylation sites is 1. The molecular formula is C24H34N6O6. The van der Waals surface area contributed by atoms with Gasteiger partial charge in [-0.1, -0.05) is 32.0 Å². The van der Waals surface area contributed by atoms with Gasteiger partial charge in [0.05, 0.1) is 12.6 Å². The number of aliphatic carboxylic acids is 1. The number of carbonyl (C=O) groups is 5. The third-order valence-electron chi connectivity index (χ3n) is 5.53. The summed E-state index contributed by atoms with van der Waals surface area (Å²) >= 11 is 0. The molecule has 3 atom stereocenters. The second kappa shape index (κ2) is 13.2. The highest BCUT2D eigenvalue weighted by Crippen LogP contribution is 2.19. The van der Waals surface area contributed by atoms with E-state index in [0.29, 0.717) is 12.0 Å². The van der Waals surface area contributed by atoms with Gasteiger partial charge in [-0.25, -0.2) is 4.79 Å². The molecule has 0 aliphatic heterocycles. The van der Waals surface area contributed by atoms with Crippen LogP contribution >= 0.6 is 0 Å². The van der Waals surface area contributed by atoms with E-state index in [2.05, 4.69) is 20.9 Å². The Kier molecular flexibility index (Phi) is 10.4. The molecule has 0 saturated heterocycles. The molecule has 3 unspecified atom stereocenters. The lowest BCUT2D eigenvalue weighted by Crippen LogP contribution is -2.54. The molecule has 0 fully saturated rings. The zero-order valence-corrected chi connectivity index (χ0v) is 20.4. The number of amides is 4. The van der Waals surface area contributed by atoms with Gasteiger partial charge in [0.25, 0.3) is 0 Å². The van der Waals surface area contributed by atoms with Crippen LogP contribution in [0.15, 0.2) is 30.5 Å². The van der Waals surface area contributed by atoms with Gasteiger partial charge in [0, 0.05) is 29.9 Å². The zero-order valence-electron chi connectivity index (χ0n) is 20.4. The maximum absolute atomic E-state index is 12.9. The van der Waals surface area contributed by atoms with Crippen LogP contribution in [0.2, 0.25) is 0 Å². The molecule has 4 amide bonds. The summed E-state index contributed by atoms with van der Waals surface area (Å²) in [6, 6.07) is 4.02. The molecule has 0 saturated carbocycles. The largest absolute Gasteiger partial charge is 0.480 e. The number of rotatable bonds is 14. The summed E-state index contributed by atoms with van der Waals surface area (Å²) < 4.78 is 0. The Hall–Kier alpha value is -3.93. The molecule has 1 aromatic heterocycles. The second-order valence-corrected chi connectivity index (χ2v) is 9.04. The fourth-order valence-electron chi connectivity index (χ4n) is 3.71. The summed E-state index contributed by atoms with van der Waals surface area (Å²) in [5.41, 5.74) is 12.5. The number of carboxylic acids is 1. The van der Waals surface area contributed by atoms with Crippen molar-refractivity contribution in [1.82, 2.24) is 20.9 Å². The Balaban J connectivity index is 2.04. The van der Waals surface area contributed by atoms with E-state index >= 15 is 0 Å². The second-order valence-electron chi connectivity index (χ2n) is 9.04. The summed E-state index contributed by atoms with van der Waals surface area (Å²) in [4.78, 5) is 63.6. The molecule has 2 aromatic rings. The SMILES string of the molecule is CC(C)CC(N)C(=O)NCC(=O)NC(CCC(N)=O)C(=O)NC(Cc1c[nH]c2ccccc12)C(=O)O. The van der Waals surface area contributed by atoms with Crippen molar-refractivity contribution >= 4 is 40.5 Å². The summed E-state index contributed by atoms with van der Waals surface area (Å²) in [6.45, 7) is 3.37. The van der Waals surface area contributed by atoms with Crippen molar-refractivity contribution < 1.29 is 29.1 Å². The number of nitrogens with one attached hydrogen (secondary N) is 4. The molecule has 0 radical (unpaired) electrons. The van der Waals surface area contributed by atoms with Crippen LogP contribution < -0.4 is 27.4 Å². The van der Waals surface area contributed by atoms with E-state index in [4.69, 9.17) is 11.5 Å². The normalized spacial score (nSPS) is 13.6. The standard InChI is InChI=1S/C24H34N6O6/c1-13(2)9-16(25)22(33)28-12-21(32)29-18(7-8-20(26)31)23(34)30-19(24(35)36)10-14-11-27-17-6-4-3-5-15(14)17/h3-6,11,13,16,18-19,27H,7-10,12,25H2,1-2H3,(H2,26,31)(H,28,33)(H,29,32)(H,30,34)(H,35,36). The quantitative estimate of drug-likeness (QED) is 0.180. The van der Waals surface area contributed by atoms with Gasteiger partial charge in [-0.2, -0.15) is 0 Å². The van der Waals surface area contributed by atoms with E-state index < -0.39 is 54.3 Å². The van der Waals surface area contributed by atoms with Crippen LogP contribution in [0.25, 0.3) is 10.9 Å². The van der Waals surface area contributed by atoms with E-state index in [1.165, 1.54) is 0 Å². The van der Waals surface area contributed by atoms with Crippen molar-refractivity contribution in [2.24, 2.45) is 17.4 Å². The molecule has 12 nitrogen and oxygen atoms in total. The molecule has 0 spiro atoms. The van der Waals surface area contributed by atoms with Crippen LogP contribution in [0.4, 0.5) is 0 Å². The van der Waals surface area contributed by atoms with Gasteiger partial charge in [-0.15, -0.1) is 0 Å². The van der Waals surface area contributed by atoms with E-state index in [0.717, 1.165) is 10.9 Å².